The molecule has 120 valence electrons. The molecule has 1 N–H and O–H groups in total. The van der Waals surface area contributed by atoms with Gasteiger partial charge in [-0.05, 0) is 35.0 Å². The number of thioether (sulfide) groups is 1. The van der Waals surface area contributed by atoms with Gasteiger partial charge < -0.3 is 9.72 Å². The number of fused-ring (bicyclic) bond motifs is 2. The Morgan fingerprint density at radius 2 is 1.75 bits per heavy atom. The SMILES string of the molecule is c1ccc2cc(OCCSCc3nc4ccccc4[nH]3)ccc2c1. The van der Waals surface area contributed by atoms with Crippen LogP contribution in [0.15, 0.2) is 66.7 Å². The topological polar surface area (TPSA) is 37.9 Å². The molecule has 4 aromatic rings. The van der Waals surface area contributed by atoms with Crippen LogP contribution in [-0.2, 0) is 5.75 Å². The highest BCUT2D eigenvalue weighted by Gasteiger charge is 2.02. The van der Waals surface area contributed by atoms with Crippen LogP contribution in [0.25, 0.3) is 21.8 Å². The number of H-pyrrole nitrogens is 1. The van der Waals surface area contributed by atoms with Crippen LogP contribution in [0.4, 0.5) is 0 Å². The predicted octanol–water partition coefficient (Wildman–Crippen LogP) is 5.03. The zero-order chi connectivity index (χ0) is 16.2. The average molecular weight is 334 g/mol. The van der Waals surface area contributed by atoms with Crippen LogP contribution >= 0.6 is 11.8 Å². The van der Waals surface area contributed by atoms with Crippen LogP contribution in [0.1, 0.15) is 5.82 Å². The fourth-order valence-corrected chi connectivity index (χ4v) is 3.39. The number of nitrogens with zero attached hydrogens (tertiary/aromatic N) is 1. The summed E-state index contributed by atoms with van der Waals surface area (Å²) in [6, 6.07) is 22.7. The van der Waals surface area contributed by atoms with E-state index in [0.717, 1.165) is 34.1 Å². The van der Waals surface area contributed by atoms with Crippen molar-refractivity contribution in [1.29, 1.82) is 0 Å². The first kappa shape index (κ1) is 15.1. The standard InChI is InChI=1S/C20H18N2OS/c1-2-6-16-13-17(10-9-15(16)5-1)23-11-12-24-14-20-21-18-7-3-4-8-19(18)22-20/h1-10,13H,11-12,14H2,(H,21,22). The van der Waals surface area contributed by atoms with Gasteiger partial charge in [-0.25, -0.2) is 4.98 Å². The minimum absolute atomic E-state index is 0.698. The third kappa shape index (κ3) is 3.39. The van der Waals surface area contributed by atoms with Gasteiger partial charge in [-0.2, -0.15) is 11.8 Å². The third-order valence-electron chi connectivity index (χ3n) is 3.89. The van der Waals surface area contributed by atoms with Crippen LogP contribution in [-0.4, -0.2) is 22.3 Å². The molecule has 0 amide bonds. The zero-order valence-corrected chi connectivity index (χ0v) is 14.1. The van der Waals surface area contributed by atoms with Crippen LogP contribution < -0.4 is 4.74 Å². The highest BCUT2D eigenvalue weighted by Crippen LogP contribution is 2.21. The van der Waals surface area contributed by atoms with Gasteiger partial charge >= 0.3 is 0 Å². The van der Waals surface area contributed by atoms with Crippen molar-refractivity contribution in [2.45, 2.75) is 5.75 Å². The number of hydrogen-bond acceptors (Lipinski definition) is 3. The molecular weight excluding hydrogens is 316 g/mol. The van der Waals surface area contributed by atoms with Gasteiger partial charge in [-0.15, -0.1) is 0 Å². The van der Waals surface area contributed by atoms with Crippen molar-refractivity contribution in [3.63, 3.8) is 0 Å². The number of hydrogen-bond donors (Lipinski definition) is 1. The first-order chi connectivity index (χ1) is 11.9. The lowest BCUT2D eigenvalue weighted by Gasteiger charge is -2.07. The van der Waals surface area contributed by atoms with Gasteiger partial charge in [0.05, 0.1) is 23.4 Å². The Hall–Kier alpha value is -2.46. The Labute approximate surface area is 145 Å². The maximum Gasteiger partial charge on any atom is 0.119 e. The highest BCUT2D eigenvalue weighted by atomic mass is 32.2. The van der Waals surface area contributed by atoms with E-state index in [2.05, 4.69) is 52.4 Å². The highest BCUT2D eigenvalue weighted by molar-refractivity contribution is 7.98. The van der Waals surface area contributed by atoms with E-state index < -0.39 is 0 Å². The summed E-state index contributed by atoms with van der Waals surface area (Å²) in [5.41, 5.74) is 2.13. The number of aromatic amines is 1. The molecule has 0 unspecified atom stereocenters. The maximum absolute atomic E-state index is 5.86. The van der Waals surface area contributed by atoms with Crippen LogP contribution in [0.5, 0.6) is 5.75 Å². The smallest absolute Gasteiger partial charge is 0.119 e. The molecule has 0 spiro atoms. The van der Waals surface area contributed by atoms with Crippen LogP contribution in [0.3, 0.4) is 0 Å². The van der Waals surface area contributed by atoms with Gasteiger partial charge in [0.25, 0.3) is 0 Å². The first-order valence-electron chi connectivity index (χ1n) is 8.01. The lowest BCUT2D eigenvalue weighted by Crippen LogP contribution is -2.00. The van der Waals surface area contributed by atoms with E-state index in [0.29, 0.717) is 6.61 Å². The van der Waals surface area contributed by atoms with E-state index in [1.54, 1.807) is 0 Å². The predicted molar refractivity (Wildman–Crippen MR) is 102 cm³/mol. The van der Waals surface area contributed by atoms with Gasteiger partial charge in [0.2, 0.25) is 0 Å². The molecule has 0 saturated carbocycles. The molecular formula is C20H18N2OS. The fourth-order valence-electron chi connectivity index (χ4n) is 2.72. The summed E-state index contributed by atoms with van der Waals surface area (Å²) >= 11 is 1.83. The van der Waals surface area contributed by atoms with E-state index >= 15 is 0 Å². The molecule has 0 radical (unpaired) electrons. The lowest BCUT2D eigenvalue weighted by molar-refractivity contribution is 0.344. The Morgan fingerprint density at radius 1 is 0.917 bits per heavy atom. The largest absolute Gasteiger partial charge is 0.493 e. The second-order valence-corrected chi connectivity index (χ2v) is 6.72. The molecule has 24 heavy (non-hydrogen) atoms. The molecule has 0 fully saturated rings. The molecule has 0 aliphatic heterocycles. The number of ether oxygens (including phenoxy) is 1. The Balaban J connectivity index is 1.27. The minimum Gasteiger partial charge on any atom is -0.493 e. The van der Waals surface area contributed by atoms with Gasteiger partial charge in [0.1, 0.15) is 11.6 Å². The summed E-state index contributed by atoms with van der Waals surface area (Å²) in [4.78, 5) is 7.94. The maximum atomic E-state index is 5.86. The Bertz CT molecular complexity index is 931. The number of aromatic nitrogens is 2. The molecule has 0 atom stereocenters. The summed E-state index contributed by atoms with van der Waals surface area (Å²) < 4.78 is 5.86. The number of nitrogens with one attached hydrogen (secondary N) is 1. The van der Waals surface area contributed by atoms with Crippen molar-refractivity contribution in [1.82, 2.24) is 9.97 Å². The summed E-state index contributed by atoms with van der Waals surface area (Å²) in [6.45, 7) is 0.698. The Morgan fingerprint density at radius 3 is 2.67 bits per heavy atom. The number of rotatable bonds is 6. The quantitative estimate of drug-likeness (QED) is 0.503. The van der Waals surface area contributed by atoms with E-state index in [1.165, 1.54) is 10.8 Å². The summed E-state index contributed by atoms with van der Waals surface area (Å²) in [7, 11) is 0. The Kier molecular flexibility index (Phi) is 4.38. The number of para-hydroxylation sites is 2. The second-order valence-electron chi connectivity index (χ2n) is 5.61. The zero-order valence-electron chi connectivity index (χ0n) is 13.2. The van der Waals surface area contributed by atoms with Crippen molar-refractivity contribution < 1.29 is 4.74 Å². The second kappa shape index (κ2) is 6.97. The van der Waals surface area contributed by atoms with Crippen LogP contribution in [0, 0.1) is 0 Å². The molecule has 1 aromatic heterocycles. The van der Waals surface area contributed by atoms with Crippen molar-refractivity contribution in [2.24, 2.45) is 0 Å². The lowest BCUT2D eigenvalue weighted by atomic mass is 10.1. The summed E-state index contributed by atoms with van der Waals surface area (Å²) in [6.07, 6.45) is 0. The molecule has 0 aliphatic carbocycles. The molecule has 4 heteroatoms. The van der Waals surface area contributed by atoms with Crippen LogP contribution in [0.2, 0.25) is 0 Å². The number of benzene rings is 3. The van der Waals surface area contributed by atoms with Gasteiger partial charge in [0, 0.05) is 5.75 Å². The number of imidazole rings is 1. The molecule has 0 saturated heterocycles. The molecule has 0 bridgehead atoms. The van der Waals surface area contributed by atoms with Gasteiger partial charge in [0.15, 0.2) is 0 Å². The molecule has 3 nitrogen and oxygen atoms in total. The van der Waals surface area contributed by atoms with Crippen molar-refractivity contribution >= 4 is 33.6 Å². The fraction of sp³-hybridized carbons (Fsp3) is 0.150. The van der Waals surface area contributed by atoms with Crippen molar-refractivity contribution in [3.8, 4) is 5.75 Å². The summed E-state index contributed by atoms with van der Waals surface area (Å²) in [5.74, 6) is 3.75. The van der Waals surface area contributed by atoms with Gasteiger partial charge in [-0.1, -0.05) is 42.5 Å². The van der Waals surface area contributed by atoms with Gasteiger partial charge in [-0.3, -0.25) is 0 Å². The molecule has 3 aromatic carbocycles. The summed E-state index contributed by atoms with van der Waals surface area (Å²) in [5, 5.41) is 2.45. The molecule has 0 aliphatic rings. The third-order valence-corrected chi connectivity index (χ3v) is 4.83. The minimum atomic E-state index is 0.698. The first-order valence-corrected chi connectivity index (χ1v) is 9.17. The van der Waals surface area contributed by atoms with Crippen molar-refractivity contribution in [2.75, 3.05) is 12.4 Å². The molecule has 1 heterocycles. The average Bonchev–Trinajstić information content (AvgIpc) is 3.04. The normalized spacial score (nSPS) is 11.2. The van der Waals surface area contributed by atoms with E-state index in [-0.39, 0.29) is 0 Å². The molecule has 4 rings (SSSR count). The monoisotopic (exact) mass is 334 g/mol. The van der Waals surface area contributed by atoms with E-state index in [4.69, 9.17) is 4.74 Å². The van der Waals surface area contributed by atoms with Crippen molar-refractivity contribution in [3.05, 3.63) is 72.6 Å². The van der Waals surface area contributed by atoms with E-state index in [9.17, 15) is 0 Å². The van der Waals surface area contributed by atoms with E-state index in [1.807, 2.05) is 36.0 Å².